The number of benzene rings is 1. The molecule has 1 aromatic carbocycles. The molecular weight excluding hydrogens is 307 g/mol. The Hall–Kier alpha value is -1.33. The van der Waals surface area contributed by atoms with E-state index >= 15 is 0 Å². The molecule has 1 aromatic heterocycles. The largest absolute Gasteiger partial charge is 0.476 e. The summed E-state index contributed by atoms with van der Waals surface area (Å²) >= 11 is 9.22. The number of hydrogen-bond donors (Lipinski definition) is 1. The minimum Gasteiger partial charge on any atom is -0.476 e. The molecule has 0 radical (unpaired) electrons. The average molecular weight is 316 g/mol. The first-order chi connectivity index (χ1) is 7.99. The predicted molar refractivity (Wildman–Crippen MR) is 68.0 cm³/mol. The standard InChI is InChI=1S/C11H8BrClN2O2/c1-6-4-9(11(16)17)14-15(6)10-3-2-7(13)5-8(10)12/h2-5H,1H3,(H,16,17). The number of aromatic carboxylic acids is 1. The molecule has 0 saturated heterocycles. The average Bonchev–Trinajstić information content (AvgIpc) is 2.61. The van der Waals surface area contributed by atoms with Crippen LogP contribution in [0.2, 0.25) is 5.02 Å². The fourth-order valence-electron chi connectivity index (χ4n) is 1.48. The SMILES string of the molecule is Cc1cc(C(=O)O)nn1-c1ccc(Cl)cc1Br. The molecule has 0 saturated carbocycles. The van der Waals surface area contributed by atoms with E-state index in [1.54, 1.807) is 29.8 Å². The lowest BCUT2D eigenvalue weighted by molar-refractivity contribution is 0.0690. The Balaban J connectivity index is 2.56. The molecule has 0 aliphatic rings. The van der Waals surface area contributed by atoms with Crippen molar-refractivity contribution in [2.45, 2.75) is 6.92 Å². The second kappa shape index (κ2) is 4.50. The van der Waals surface area contributed by atoms with Gasteiger partial charge in [0, 0.05) is 15.2 Å². The fourth-order valence-corrected chi connectivity index (χ4v) is 2.33. The van der Waals surface area contributed by atoms with Crippen molar-refractivity contribution in [1.82, 2.24) is 9.78 Å². The van der Waals surface area contributed by atoms with Crippen LogP contribution in [-0.2, 0) is 0 Å². The molecule has 0 spiro atoms. The highest BCUT2D eigenvalue weighted by atomic mass is 79.9. The molecule has 4 nitrogen and oxygen atoms in total. The highest BCUT2D eigenvalue weighted by Gasteiger charge is 2.13. The first-order valence-electron chi connectivity index (χ1n) is 4.74. The summed E-state index contributed by atoms with van der Waals surface area (Å²) in [5.74, 6) is -1.04. The van der Waals surface area contributed by atoms with Gasteiger partial charge in [0.05, 0.1) is 5.69 Å². The van der Waals surface area contributed by atoms with Crippen LogP contribution >= 0.6 is 27.5 Å². The Kier molecular flexibility index (Phi) is 3.22. The van der Waals surface area contributed by atoms with E-state index < -0.39 is 5.97 Å². The van der Waals surface area contributed by atoms with E-state index in [2.05, 4.69) is 21.0 Å². The lowest BCUT2D eigenvalue weighted by Gasteiger charge is -2.06. The maximum atomic E-state index is 10.8. The van der Waals surface area contributed by atoms with Crippen molar-refractivity contribution in [3.05, 3.63) is 45.1 Å². The van der Waals surface area contributed by atoms with E-state index in [4.69, 9.17) is 16.7 Å². The minimum absolute atomic E-state index is 0.0179. The van der Waals surface area contributed by atoms with Crippen LogP contribution in [0.5, 0.6) is 0 Å². The zero-order chi connectivity index (χ0) is 12.6. The number of carboxylic acids is 1. The van der Waals surface area contributed by atoms with Crippen LogP contribution in [0.3, 0.4) is 0 Å². The van der Waals surface area contributed by atoms with E-state index in [0.717, 1.165) is 15.9 Å². The number of aryl methyl sites for hydroxylation is 1. The Bertz CT molecular complexity index is 595. The molecule has 2 rings (SSSR count). The van der Waals surface area contributed by atoms with Crippen molar-refractivity contribution in [3.63, 3.8) is 0 Å². The summed E-state index contributed by atoms with van der Waals surface area (Å²) in [5.41, 5.74) is 1.51. The Morgan fingerprint density at radius 3 is 2.71 bits per heavy atom. The van der Waals surface area contributed by atoms with Gasteiger partial charge in [0.2, 0.25) is 0 Å². The van der Waals surface area contributed by atoms with Gasteiger partial charge in [-0.2, -0.15) is 5.10 Å². The molecule has 88 valence electrons. The number of nitrogens with zero attached hydrogens (tertiary/aromatic N) is 2. The number of halogens is 2. The summed E-state index contributed by atoms with van der Waals surface area (Å²) in [5, 5.41) is 13.5. The molecule has 2 aromatic rings. The van der Waals surface area contributed by atoms with Crippen molar-refractivity contribution in [2.75, 3.05) is 0 Å². The van der Waals surface area contributed by atoms with Crippen molar-refractivity contribution in [2.24, 2.45) is 0 Å². The van der Waals surface area contributed by atoms with Gasteiger partial charge in [-0.1, -0.05) is 11.6 Å². The number of carbonyl (C=O) groups is 1. The van der Waals surface area contributed by atoms with Crippen LogP contribution in [-0.4, -0.2) is 20.9 Å². The fraction of sp³-hybridized carbons (Fsp3) is 0.0909. The number of aromatic nitrogens is 2. The van der Waals surface area contributed by atoms with Crippen molar-refractivity contribution in [1.29, 1.82) is 0 Å². The molecule has 1 heterocycles. The summed E-state index contributed by atoms with van der Waals surface area (Å²) in [4.78, 5) is 10.8. The van der Waals surface area contributed by atoms with Gasteiger partial charge < -0.3 is 5.11 Å². The summed E-state index contributed by atoms with van der Waals surface area (Å²) in [6, 6.07) is 6.75. The van der Waals surface area contributed by atoms with Crippen LogP contribution < -0.4 is 0 Å². The Morgan fingerprint density at radius 2 is 2.18 bits per heavy atom. The van der Waals surface area contributed by atoms with Gasteiger partial charge in [0.25, 0.3) is 0 Å². The highest BCUT2D eigenvalue weighted by molar-refractivity contribution is 9.10. The van der Waals surface area contributed by atoms with Gasteiger partial charge in [-0.25, -0.2) is 9.48 Å². The van der Waals surface area contributed by atoms with E-state index in [1.807, 2.05) is 0 Å². The van der Waals surface area contributed by atoms with Gasteiger partial charge >= 0.3 is 5.97 Å². The van der Waals surface area contributed by atoms with E-state index in [-0.39, 0.29) is 5.69 Å². The van der Waals surface area contributed by atoms with Crippen molar-refractivity contribution in [3.8, 4) is 5.69 Å². The second-order valence-corrected chi connectivity index (χ2v) is 4.77. The number of carboxylic acid groups (broad SMARTS) is 1. The lowest BCUT2D eigenvalue weighted by Crippen LogP contribution is -2.02. The molecule has 0 amide bonds. The third-order valence-corrected chi connectivity index (χ3v) is 3.11. The maximum absolute atomic E-state index is 10.8. The zero-order valence-electron chi connectivity index (χ0n) is 8.82. The molecule has 1 N–H and O–H groups in total. The summed E-state index contributed by atoms with van der Waals surface area (Å²) < 4.78 is 2.32. The molecule has 0 unspecified atom stereocenters. The quantitative estimate of drug-likeness (QED) is 0.925. The highest BCUT2D eigenvalue weighted by Crippen LogP contribution is 2.25. The van der Waals surface area contributed by atoms with Crippen LogP contribution in [0, 0.1) is 6.92 Å². The molecule has 0 bridgehead atoms. The predicted octanol–water partition coefficient (Wildman–Crippen LogP) is 3.29. The summed E-state index contributed by atoms with van der Waals surface area (Å²) in [7, 11) is 0. The van der Waals surface area contributed by atoms with Gasteiger partial charge in [-0.15, -0.1) is 0 Å². The van der Waals surface area contributed by atoms with E-state index in [1.165, 1.54) is 6.07 Å². The zero-order valence-corrected chi connectivity index (χ0v) is 11.2. The second-order valence-electron chi connectivity index (χ2n) is 3.48. The minimum atomic E-state index is -1.04. The van der Waals surface area contributed by atoms with E-state index in [0.29, 0.717) is 5.02 Å². The molecule has 6 heteroatoms. The van der Waals surface area contributed by atoms with Crippen LogP contribution in [0.4, 0.5) is 0 Å². The van der Waals surface area contributed by atoms with Crippen LogP contribution in [0.1, 0.15) is 16.2 Å². The third kappa shape index (κ3) is 2.35. The molecule has 17 heavy (non-hydrogen) atoms. The van der Waals surface area contributed by atoms with Gasteiger partial charge in [0.15, 0.2) is 5.69 Å². The first kappa shape index (κ1) is 12.1. The van der Waals surface area contributed by atoms with Gasteiger partial charge in [-0.3, -0.25) is 0 Å². The number of rotatable bonds is 2. The van der Waals surface area contributed by atoms with Gasteiger partial charge in [-0.05, 0) is 47.1 Å². The number of hydrogen-bond acceptors (Lipinski definition) is 2. The molecule has 0 fully saturated rings. The molecule has 0 aliphatic heterocycles. The summed E-state index contributed by atoms with van der Waals surface area (Å²) in [6.07, 6.45) is 0. The van der Waals surface area contributed by atoms with Crippen molar-refractivity contribution >= 4 is 33.5 Å². The van der Waals surface area contributed by atoms with Crippen LogP contribution in [0.15, 0.2) is 28.7 Å². The van der Waals surface area contributed by atoms with E-state index in [9.17, 15) is 4.79 Å². The Morgan fingerprint density at radius 1 is 1.47 bits per heavy atom. The summed E-state index contributed by atoms with van der Waals surface area (Å²) in [6.45, 7) is 1.79. The molecular formula is C11H8BrClN2O2. The third-order valence-electron chi connectivity index (χ3n) is 2.24. The molecule has 0 aliphatic carbocycles. The maximum Gasteiger partial charge on any atom is 0.356 e. The van der Waals surface area contributed by atoms with Crippen molar-refractivity contribution < 1.29 is 9.90 Å². The first-order valence-corrected chi connectivity index (χ1v) is 5.91. The monoisotopic (exact) mass is 314 g/mol. The topological polar surface area (TPSA) is 55.1 Å². The normalized spacial score (nSPS) is 10.5. The van der Waals surface area contributed by atoms with Crippen LogP contribution in [0.25, 0.3) is 5.69 Å². The smallest absolute Gasteiger partial charge is 0.356 e. The van der Waals surface area contributed by atoms with Gasteiger partial charge in [0.1, 0.15) is 0 Å². The molecule has 0 atom stereocenters. The Labute approximate surface area is 111 Å². The lowest BCUT2D eigenvalue weighted by atomic mass is 10.3.